The van der Waals surface area contributed by atoms with E-state index in [4.69, 9.17) is 16.3 Å². The number of methoxy groups -OCH3 is 1. The molecule has 0 unspecified atom stereocenters. The van der Waals surface area contributed by atoms with Crippen LogP contribution in [0.5, 0.6) is 5.75 Å². The van der Waals surface area contributed by atoms with Crippen molar-refractivity contribution in [1.29, 1.82) is 0 Å². The molecule has 0 saturated carbocycles. The monoisotopic (exact) mass is 384 g/mol. The highest BCUT2D eigenvalue weighted by molar-refractivity contribution is 8.00. The number of nitrogens with zero attached hydrogens (tertiary/aromatic N) is 1. The van der Waals surface area contributed by atoms with Crippen molar-refractivity contribution >= 4 is 40.6 Å². The minimum absolute atomic E-state index is 0.0385. The molecule has 9 heteroatoms. The van der Waals surface area contributed by atoms with E-state index in [0.29, 0.717) is 10.6 Å². The molecular formula is C16H14ClFN2O4S. The van der Waals surface area contributed by atoms with Crippen molar-refractivity contribution in [3.8, 4) is 5.75 Å². The van der Waals surface area contributed by atoms with Crippen molar-refractivity contribution < 1.29 is 18.8 Å². The molecule has 132 valence electrons. The van der Waals surface area contributed by atoms with Crippen LogP contribution in [0.4, 0.5) is 15.8 Å². The zero-order valence-corrected chi connectivity index (χ0v) is 14.9. The van der Waals surface area contributed by atoms with Crippen LogP contribution >= 0.6 is 23.4 Å². The largest absolute Gasteiger partial charge is 0.496 e. The van der Waals surface area contributed by atoms with Crippen molar-refractivity contribution in [2.24, 2.45) is 0 Å². The number of carbonyl (C=O) groups excluding carboxylic acids is 1. The molecule has 0 radical (unpaired) electrons. The molecule has 1 N–H and O–H groups in total. The summed E-state index contributed by atoms with van der Waals surface area (Å²) in [6.07, 6.45) is 0. The maximum absolute atomic E-state index is 13.2. The number of halogens is 2. The van der Waals surface area contributed by atoms with Crippen molar-refractivity contribution in [3.05, 3.63) is 57.4 Å². The van der Waals surface area contributed by atoms with Crippen LogP contribution in [0.15, 0.2) is 41.3 Å². The van der Waals surface area contributed by atoms with Crippen LogP contribution in [0.3, 0.4) is 0 Å². The quantitative estimate of drug-likeness (QED) is 0.450. The Morgan fingerprint density at radius 1 is 1.36 bits per heavy atom. The van der Waals surface area contributed by atoms with Crippen LogP contribution in [0.2, 0.25) is 5.02 Å². The first-order valence-corrected chi connectivity index (χ1v) is 8.32. The van der Waals surface area contributed by atoms with Gasteiger partial charge in [0.25, 0.3) is 5.69 Å². The Labute approximate surface area is 152 Å². The van der Waals surface area contributed by atoms with Gasteiger partial charge in [-0.1, -0.05) is 11.6 Å². The molecule has 2 aromatic carbocycles. The van der Waals surface area contributed by atoms with Crippen LogP contribution in [0.25, 0.3) is 0 Å². The second-order valence-corrected chi connectivity index (χ2v) is 6.79. The summed E-state index contributed by atoms with van der Waals surface area (Å²) in [7, 11) is 1.39. The van der Waals surface area contributed by atoms with Gasteiger partial charge < -0.3 is 10.1 Å². The Kier molecular flexibility index (Phi) is 6.22. The molecule has 0 fully saturated rings. The molecule has 0 aromatic heterocycles. The third-order valence-corrected chi connectivity index (χ3v) is 4.62. The number of anilines is 1. The number of carbonyl (C=O) groups is 1. The minimum Gasteiger partial charge on any atom is -0.496 e. The lowest BCUT2D eigenvalue weighted by molar-refractivity contribution is -0.384. The van der Waals surface area contributed by atoms with Gasteiger partial charge in [0.15, 0.2) is 0 Å². The van der Waals surface area contributed by atoms with Crippen molar-refractivity contribution in [3.63, 3.8) is 0 Å². The Morgan fingerprint density at radius 3 is 2.68 bits per heavy atom. The van der Waals surface area contributed by atoms with Crippen LogP contribution < -0.4 is 10.1 Å². The van der Waals surface area contributed by atoms with Crippen LogP contribution in [-0.4, -0.2) is 23.2 Å². The topological polar surface area (TPSA) is 81.5 Å². The first kappa shape index (κ1) is 19.0. The van der Waals surface area contributed by atoms with Gasteiger partial charge in [-0.3, -0.25) is 14.9 Å². The predicted octanol–water partition coefficient (Wildman–Crippen LogP) is 4.52. The van der Waals surface area contributed by atoms with Gasteiger partial charge in [-0.15, -0.1) is 11.8 Å². The third-order valence-electron chi connectivity index (χ3n) is 3.23. The van der Waals surface area contributed by atoms with Crippen LogP contribution in [0.1, 0.15) is 6.92 Å². The van der Waals surface area contributed by atoms with E-state index in [9.17, 15) is 19.3 Å². The lowest BCUT2D eigenvalue weighted by Gasteiger charge is -2.13. The van der Waals surface area contributed by atoms with Gasteiger partial charge in [0, 0.05) is 4.90 Å². The molecule has 0 saturated heterocycles. The molecule has 25 heavy (non-hydrogen) atoms. The molecule has 2 aromatic rings. The van der Waals surface area contributed by atoms with E-state index in [0.717, 1.165) is 11.8 Å². The summed E-state index contributed by atoms with van der Waals surface area (Å²) in [4.78, 5) is 23.5. The molecule has 0 aliphatic rings. The zero-order chi connectivity index (χ0) is 18.6. The van der Waals surface area contributed by atoms with E-state index in [2.05, 4.69) is 5.32 Å². The summed E-state index contributed by atoms with van der Waals surface area (Å²) < 4.78 is 18.1. The van der Waals surface area contributed by atoms with Gasteiger partial charge in [-0.05, 0) is 37.3 Å². The summed E-state index contributed by atoms with van der Waals surface area (Å²) in [5.74, 6) is -0.663. The van der Waals surface area contributed by atoms with Crippen molar-refractivity contribution in [2.45, 2.75) is 17.1 Å². The van der Waals surface area contributed by atoms with Crippen LogP contribution in [-0.2, 0) is 4.79 Å². The van der Waals surface area contributed by atoms with E-state index in [1.807, 2.05) is 0 Å². The molecule has 0 aliphatic heterocycles. The van der Waals surface area contributed by atoms with Crippen molar-refractivity contribution in [2.75, 3.05) is 12.4 Å². The van der Waals surface area contributed by atoms with Crippen LogP contribution in [0, 0.1) is 15.9 Å². The molecule has 2 rings (SSSR count). The zero-order valence-electron chi connectivity index (χ0n) is 13.3. The molecule has 1 amide bonds. The highest BCUT2D eigenvalue weighted by Gasteiger charge is 2.21. The Hall–Kier alpha value is -2.32. The first-order chi connectivity index (χ1) is 11.8. The van der Waals surface area contributed by atoms with E-state index in [-0.39, 0.29) is 16.4 Å². The molecule has 0 heterocycles. The maximum atomic E-state index is 13.2. The molecular weight excluding hydrogens is 371 g/mol. The fraction of sp³-hybridized carbons (Fsp3) is 0.188. The summed E-state index contributed by atoms with van der Waals surface area (Å²) >= 11 is 6.87. The molecule has 6 nitrogen and oxygen atoms in total. The minimum atomic E-state index is -0.601. The number of hydrogen-bond donors (Lipinski definition) is 1. The Balaban J connectivity index is 2.13. The number of thioether (sulfide) groups is 1. The number of rotatable bonds is 6. The highest BCUT2D eigenvalue weighted by Crippen LogP contribution is 2.31. The third kappa shape index (κ3) is 4.83. The molecule has 1 atom stereocenters. The van der Waals surface area contributed by atoms with E-state index >= 15 is 0 Å². The number of hydrogen-bond acceptors (Lipinski definition) is 5. The summed E-state index contributed by atoms with van der Waals surface area (Å²) in [6.45, 7) is 1.63. The predicted molar refractivity (Wildman–Crippen MR) is 95.0 cm³/mol. The van der Waals surface area contributed by atoms with E-state index in [1.165, 1.54) is 43.5 Å². The Morgan fingerprint density at radius 2 is 2.08 bits per heavy atom. The lowest BCUT2D eigenvalue weighted by Crippen LogP contribution is -2.22. The molecule has 0 aliphatic carbocycles. The lowest BCUT2D eigenvalue weighted by atomic mass is 10.2. The number of amides is 1. The smallest absolute Gasteiger partial charge is 0.296 e. The average Bonchev–Trinajstić information content (AvgIpc) is 2.58. The van der Waals surface area contributed by atoms with Gasteiger partial charge in [0.2, 0.25) is 5.91 Å². The van der Waals surface area contributed by atoms with Gasteiger partial charge >= 0.3 is 0 Å². The van der Waals surface area contributed by atoms with Gasteiger partial charge in [0.05, 0.1) is 28.4 Å². The van der Waals surface area contributed by atoms with Crippen molar-refractivity contribution in [1.82, 2.24) is 0 Å². The van der Waals surface area contributed by atoms with Gasteiger partial charge in [-0.2, -0.15) is 0 Å². The second kappa shape index (κ2) is 8.17. The second-order valence-electron chi connectivity index (χ2n) is 4.97. The fourth-order valence-electron chi connectivity index (χ4n) is 1.94. The fourth-order valence-corrected chi connectivity index (χ4v) is 3.09. The normalized spacial score (nSPS) is 11.7. The summed E-state index contributed by atoms with van der Waals surface area (Å²) in [5.41, 5.74) is -0.199. The van der Waals surface area contributed by atoms with E-state index < -0.39 is 21.9 Å². The number of ether oxygens (including phenoxy) is 1. The first-order valence-electron chi connectivity index (χ1n) is 7.07. The molecule has 0 spiro atoms. The summed E-state index contributed by atoms with van der Waals surface area (Å²) in [5, 5.41) is 13.1. The van der Waals surface area contributed by atoms with Gasteiger partial charge in [-0.25, -0.2) is 4.39 Å². The number of nitro groups is 1. The maximum Gasteiger partial charge on any atom is 0.296 e. The van der Waals surface area contributed by atoms with Gasteiger partial charge in [0.1, 0.15) is 17.3 Å². The standard InChI is InChI=1S/C16H14ClFN2O4S/c1-9(25-11-4-5-13(18)12(17)8-11)16(21)19-14-6-3-10(24-2)7-15(14)20(22)23/h3-9H,1-2H3,(H,19,21)/t9-/m1/s1. The number of nitro benzene ring substituents is 1. The number of nitrogens with one attached hydrogen (secondary N) is 1. The Bertz CT molecular complexity index is 819. The number of benzene rings is 2. The van der Waals surface area contributed by atoms with E-state index in [1.54, 1.807) is 6.92 Å². The summed E-state index contributed by atoms with van der Waals surface area (Å²) in [6, 6.07) is 8.28. The average molecular weight is 385 g/mol. The highest BCUT2D eigenvalue weighted by atomic mass is 35.5. The molecule has 0 bridgehead atoms. The SMILES string of the molecule is COc1ccc(NC(=O)[C@@H](C)Sc2ccc(F)c(Cl)c2)c([N+](=O)[O-])c1.